The molecule has 0 heteroatoms. The normalized spacial score (nSPS) is 25.9. The van der Waals surface area contributed by atoms with E-state index in [9.17, 15) is 0 Å². The van der Waals surface area contributed by atoms with E-state index in [1.54, 1.807) is 5.57 Å². The predicted octanol–water partition coefficient (Wildman–Crippen LogP) is 6.76. The lowest BCUT2D eigenvalue weighted by atomic mass is 9.86. The van der Waals surface area contributed by atoms with Crippen molar-refractivity contribution in [2.45, 2.75) is 72.6 Å². The fourth-order valence-corrected chi connectivity index (χ4v) is 2.73. The van der Waals surface area contributed by atoms with E-state index in [1.165, 1.54) is 48.8 Å². The summed E-state index contributed by atoms with van der Waals surface area (Å²) in [6, 6.07) is 0. The van der Waals surface area contributed by atoms with Gasteiger partial charge in [-0.25, -0.2) is 0 Å². The third-order valence-corrected chi connectivity index (χ3v) is 4.26. The summed E-state index contributed by atoms with van der Waals surface area (Å²) in [7, 11) is 0. The van der Waals surface area contributed by atoms with E-state index in [-0.39, 0.29) is 0 Å². The molecule has 0 aromatic carbocycles. The summed E-state index contributed by atoms with van der Waals surface area (Å²) < 4.78 is 0. The smallest absolute Gasteiger partial charge is 0.0168 e. The molecule has 0 aromatic heterocycles. The Labute approximate surface area is 126 Å². The van der Waals surface area contributed by atoms with Crippen LogP contribution in [-0.2, 0) is 0 Å². The molecule has 0 aromatic rings. The first-order valence-electron chi connectivity index (χ1n) is 8.11. The molecule has 0 radical (unpaired) electrons. The van der Waals surface area contributed by atoms with Crippen LogP contribution in [0.2, 0.25) is 0 Å². The number of rotatable bonds is 4. The topological polar surface area (TPSA) is 0 Å². The first-order chi connectivity index (χ1) is 9.49. The molecule has 112 valence electrons. The Balaban J connectivity index is 2.62. The third-order valence-electron chi connectivity index (χ3n) is 4.26. The highest BCUT2D eigenvalue weighted by Crippen LogP contribution is 2.28. The van der Waals surface area contributed by atoms with Crippen molar-refractivity contribution >= 4 is 0 Å². The maximum atomic E-state index is 4.37. The van der Waals surface area contributed by atoms with E-state index in [1.807, 2.05) is 0 Å². The summed E-state index contributed by atoms with van der Waals surface area (Å²) >= 11 is 0. The number of hydrogen-bond acceptors (Lipinski definition) is 0. The predicted molar refractivity (Wildman–Crippen MR) is 91.9 cm³/mol. The number of hydrogen-bond donors (Lipinski definition) is 0. The SMILES string of the molecule is C=C(CCC=C(C)C)[C@H]1C/C=C(/C)CC/C=C(/C)CC1. The molecule has 1 rings (SSSR count). The molecule has 0 saturated heterocycles. The van der Waals surface area contributed by atoms with Gasteiger partial charge in [0.15, 0.2) is 0 Å². The van der Waals surface area contributed by atoms with Gasteiger partial charge in [-0.2, -0.15) is 0 Å². The van der Waals surface area contributed by atoms with Crippen LogP contribution in [0.1, 0.15) is 72.6 Å². The van der Waals surface area contributed by atoms with Gasteiger partial charge >= 0.3 is 0 Å². The zero-order valence-electron chi connectivity index (χ0n) is 14.0. The monoisotopic (exact) mass is 272 g/mol. The minimum Gasteiger partial charge on any atom is -0.0996 e. The van der Waals surface area contributed by atoms with E-state index in [4.69, 9.17) is 0 Å². The summed E-state index contributed by atoms with van der Waals surface area (Å²) in [4.78, 5) is 0. The Hall–Kier alpha value is -1.04. The molecule has 0 aliphatic heterocycles. The van der Waals surface area contributed by atoms with Crippen molar-refractivity contribution in [2.24, 2.45) is 5.92 Å². The minimum atomic E-state index is 0.664. The van der Waals surface area contributed by atoms with Crippen LogP contribution in [0.25, 0.3) is 0 Å². The van der Waals surface area contributed by atoms with Gasteiger partial charge in [0.1, 0.15) is 0 Å². The fraction of sp³-hybridized carbons (Fsp3) is 0.600. The highest BCUT2D eigenvalue weighted by molar-refractivity contribution is 5.11. The first-order valence-corrected chi connectivity index (χ1v) is 8.11. The summed E-state index contributed by atoms with van der Waals surface area (Å²) in [5.74, 6) is 0.664. The molecule has 1 aliphatic rings. The van der Waals surface area contributed by atoms with Crippen LogP contribution in [-0.4, -0.2) is 0 Å². The molecule has 20 heavy (non-hydrogen) atoms. The van der Waals surface area contributed by atoms with Crippen molar-refractivity contribution in [3.05, 3.63) is 47.1 Å². The van der Waals surface area contributed by atoms with Crippen LogP contribution in [0.4, 0.5) is 0 Å². The summed E-state index contributed by atoms with van der Waals surface area (Å²) in [5.41, 5.74) is 5.96. The van der Waals surface area contributed by atoms with E-state index in [2.05, 4.69) is 52.5 Å². The molecule has 0 N–H and O–H groups in total. The summed E-state index contributed by atoms with van der Waals surface area (Å²) in [5, 5.41) is 0. The molecule has 0 fully saturated rings. The van der Waals surface area contributed by atoms with Gasteiger partial charge in [0.05, 0.1) is 0 Å². The summed E-state index contributed by atoms with van der Waals surface area (Å²) in [6.07, 6.45) is 15.6. The molecule has 0 spiro atoms. The van der Waals surface area contributed by atoms with Gasteiger partial charge in [-0.05, 0) is 78.6 Å². The van der Waals surface area contributed by atoms with Crippen LogP contribution in [0.15, 0.2) is 47.1 Å². The number of allylic oxidation sites excluding steroid dienone is 7. The lowest BCUT2D eigenvalue weighted by Gasteiger charge is -2.20. The second-order valence-corrected chi connectivity index (χ2v) is 6.59. The molecule has 0 saturated carbocycles. The largest absolute Gasteiger partial charge is 0.0996 e. The second kappa shape index (κ2) is 9.00. The molecule has 0 amide bonds. The highest BCUT2D eigenvalue weighted by Gasteiger charge is 2.12. The van der Waals surface area contributed by atoms with Gasteiger partial charge in [0.25, 0.3) is 0 Å². The molecule has 0 bridgehead atoms. The van der Waals surface area contributed by atoms with E-state index < -0.39 is 0 Å². The molecular weight excluding hydrogens is 240 g/mol. The molecule has 1 atom stereocenters. The van der Waals surface area contributed by atoms with Crippen molar-refractivity contribution in [1.82, 2.24) is 0 Å². The molecule has 1 aliphatic carbocycles. The Kier molecular flexibility index (Phi) is 7.65. The fourth-order valence-electron chi connectivity index (χ4n) is 2.73. The zero-order valence-corrected chi connectivity index (χ0v) is 14.0. The molecule has 0 unspecified atom stereocenters. The van der Waals surface area contributed by atoms with Crippen molar-refractivity contribution < 1.29 is 0 Å². The molecular formula is C20H32. The molecule has 0 heterocycles. The Morgan fingerprint density at radius 1 is 1.20 bits per heavy atom. The first kappa shape index (κ1) is 17.0. The lowest BCUT2D eigenvalue weighted by Crippen LogP contribution is -2.04. The van der Waals surface area contributed by atoms with Crippen molar-refractivity contribution in [2.75, 3.05) is 0 Å². The maximum absolute atomic E-state index is 4.37. The average Bonchev–Trinajstić information content (AvgIpc) is 2.37. The van der Waals surface area contributed by atoms with Gasteiger partial charge < -0.3 is 0 Å². The highest BCUT2D eigenvalue weighted by atomic mass is 14.2. The van der Waals surface area contributed by atoms with E-state index in [0.717, 1.165) is 12.8 Å². The van der Waals surface area contributed by atoms with Gasteiger partial charge in [0, 0.05) is 0 Å². The summed E-state index contributed by atoms with van der Waals surface area (Å²) in [6.45, 7) is 13.3. The Morgan fingerprint density at radius 3 is 2.60 bits per heavy atom. The van der Waals surface area contributed by atoms with Crippen LogP contribution in [0, 0.1) is 5.92 Å². The van der Waals surface area contributed by atoms with Crippen molar-refractivity contribution in [3.8, 4) is 0 Å². The van der Waals surface area contributed by atoms with Crippen LogP contribution in [0.3, 0.4) is 0 Å². The van der Waals surface area contributed by atoms with E-state index in [0.29, 0.717) is 5.92 Å². The van der Waals surface area contributed by atoms with Gasteiger partial charge in [0.2, 0.25) is 0 Å². The van der Waals surface area contributed by atoms with Crippen LogP contribution >= 0.6 is 0 Å². The third kappa shape index (κ3) is 6.93. The standard InChI is InChI=1S/C20H32/c1-16(2)8-6-11-19(5)20-14-12-17(3)9-7-10-18(4)13-15-20/h8-9,13,20H,5-7,10-12,14-15H2,1-4H3/b17-9-,18-13-/t20-/m1/s1. The average molecular weight is 272 g/mol. The lowest BCUT2D eigenvalue weighted by molar-refractivity contribution is 0.543. The molecule has 0 nitrogen and oxygen atoms in total. The zero-order chi connectivity index (χ0) is 15.0. The van der Waals surface area contributed by atoms with Gasteiger partial charge in [-0.1, -0.05) is 47.1 Å². The van der Waals surface area contributed by atoms with Crippen molar-refractivity contribution in [3.63, 3.8) is 0 Å². The second-order valence-electron chi connectivity index (χ2n) is 6.59. The van der Waals surface area contributed by atoms with Crippen LogP contribution < -0.4 is 0 Å². The van der Waals surface area contributed by atoms with Gasteiger partial charge in [-0.15, -0.1) is 0 Å². The maximum Gasteiger partial charge on any atom is -0.0168 e. The quantitative estimate of drug-likeness (QED) is 0.496. The van der Waals surface area contributed by atoms with E-state index >= 15 is 0 Å². The van der Waals surface area contributed by atoms with Gasteiger partial charge in [-0.3, -0.25) is 0 Å². The Morgan fingerprint density at radius 2 is 1.90 bits per heavy atom. The Bertz CT molecular complexity index is 400. The minimum absolute atomic E-state index is 0.664. The van der Waals surface area contributed by atoms with Crippen molar-refractivity contribution in [1.29, 1.82) is 0 Å². The van der Waals surface area contributed by atoms with Crippen LogP contribution in [0.5, 0.6) is 0 Å².